The van der Waals surface area contributed by atoms with E-state index < -0.39 is 6.23 Å². The van der Waals surface area contributed by atoms with Crippen LogP contribution in [0.15, 0.2) is 67.3 Å². The highest BCUT2D eigenvalue weighted by atomic mass is 19.1. The molecule has 0 fully saturated rings. The number of aromatic amines is 2. The second-order valence-electron chi connectivity index (χ2n) is 9.59. The Labute approximate surface area is 217 Å². The number of H-pyrrole nitrogens is 2. The summed E-state index contributed by atoms with van der Waals surface area (Å²) < 4.78 is 13.9. The Morgan fingerprint density at radius 3 is 2.76 bits per heavy atom. The second kappa shape index (κ2) is 9.64. The molecule has 5 aromatic heterocycles. The molecule has 0 aliphatic rings. The number of imidazole rings is 1. The number of benzene rings is 1. The van der Waals surface area contributed by atoms with Crippen molar-refractivity contribution in [3.8, 4) is 33.9 Å². The van der Waals surface area contributed by atoms with E-state index in [1.807, 2.05) is 24.3 Å². The van der Waals surface area contributed by atoms with Gasteiger partial charge >= 0.3 is 0 Å². The maximum atomic E-state index is 13.9. The number of fused-ring (bicyclic) bond motifs is 2. The van der Waals surface area contributed by atoms with Crippen molar-refractivity contribution < 1.29 is 9.50 Å². The smallest absolute Gasteiger partial charge is 0.160 e. The Balaban J connectivity index is 1.38. The number of nitrogens with zero attached hydrogens (tertiary/aromatic N) is 5. The van der Waals surface area contributed by atoms with E-state index in [2.05, 4.69) is 49.3 Å². The van der Waals surface area contributed by atoms with E-state index in [-0.39, 0.29) is 5.82 Å². The molecule has 4 N–H and O–H groups in total. The van der Waals surface area contributed by atoms with Gasteiger partial charge in [-0.15, -0.1) is 0 Å². The summed E-state index contributed by atoms with van der Waals surface area (Å²) in [6, 6.07) is 12.0. The van der Waals surface area contributed by atoms with Crippen LogP contribution in [0.25, 0.3) is 56.0 Å². The number of pyridine rings is 3. The molecule has 10 heteroatoms. The van der Waals surface area contributed by atoms with E-state index in [1.165, 1.54) is 12.1 Å². The van der Waals surface area contributed by atoms with E-state index in [0.29, 0.717) is 52.0 Å². The lowest BCUT2D eigenvalue weighted by Crippen LogP contribution is -2.20. The molecule has 1 aromatic carbocycles. The fraction of sp³-hybridized carbons (Fsp3) is 0.179. The first kappa shape index (κ1) is 23.7. The molecule has 6 aromatic rings. The molecular formula is C28H25FN8O. The molecule has 0 radical (unpaired) electrons. The fourth-order valence-corrected chi connectivity index (χ4v) is 4.52. The quantitative estimate of drug-likeness (QED) is 0.208. The lowest BCUT2D eigenvalue weighted by atomic mass is 10.1. The van der Waals surface area contributed by atoms with Crippen LogP contribution < -0.4 is 5.32 Å². The number of hydrogen-bond donors (Lipinski definition) is 4. The molecule has 1 atom stereocenters. The van der Waals surface area contributed by atoms with E-state index in [0.717, 1.165) is 22.0 Å². The average molecular weight is 509 g/mol. The van der Waals surface area contributed by atoms with Crippen molar-refractivity contribution in [3.63, 3.8) is 0 Å². The summed E-state index contributed by atoms with van der Waals surface area (Å²) in [5.74, 6) is 0.574. The van der Waals surface area contributed by atoms with E-state index in [9.17, 15) is 9.50 Å². The molecule has 0 bridgehead atoms. The maximum absolute atomic E-state index is 13.9. The summed E-state index contributed by atoms with van der Waals surface area (Å²) >= 11 is 0. The standard InChI is InChI=1S/C28H25FN8O/c1-15(2)8-24(38)33-19-10-17(12-30-13-19)22-11-21-23(14-32-22)36-37-26(21)28-34-25-20(6-7-31-27(25)35-28)16-4-3-5-18(29)9-16/h3-7,9-15,24,33,38H,8H2,1-2H3,(H,36,37)(H,31,34,35). The average Bonchev–Trinajstić information content (AvgIpc) is 3.52. The number of rotatable bonds is 7. The molecule has 0 saturated carbocycles. The topological polar surface area (TPSA) is 128 Å². The minimum absolute atomic E-state index is 0.315. The molecule has 0 aliphatic heterocycles. The van der Waals surface area contributed by atoms with Gasteiger partial charge in [0.05, 0.1) is 29.3 Å². The van der Waals surface area contributed by atoms with Gasteiger partial charge in [-0.25, -0.2) is 14.4 Å². The summed E-state index contributed by atoms with van der Waals surface area (Å²) in [5.41, 5.74) is 6.25. The lowest BCUT2D eigenvalue weighted by Gasteiger charge is -2.16. The van der Waals surface area contributed by atoms with Gasteiger partial charge in [0.15, 0.2) is 11.5 Å². The second-order valence-corrected chi connectivity index (χ2v) is 9.59. The van der Waals surface area contributed by atoms with Crippen molar-refractivity contribution in [1.29, 1.82) is 0 Å². The van der Waals surface area contributed by atoms with Crippen molar-refractivity contribution >= 4 is 27.8 Å². The molecule has 38 heavy (non-hydrogen) atoms. The first-order valence-electron chi connectivity index (χ1n) is 12.3. The van der Waals surface area contributed by atoms with Crippen molar-refractivity contribution in [2.75, 3.05) is 5.32 Å². The predicted molar refractivity (Wildman–Crippen MR) is 144 cm³/mol. The third kappa shape index (κ3) is 4.57. The van der Waals surface area contributed by atoms with Gasteiger partial charge in [-0.3, -0.25) is 15.1 Å². The Morgan fingerprint density at radius 2 is 1.92 bits per heavy atom. The van der Waals surface area contributed by atoms with Gasteiger partial charge in [0, 0.05) is 28.9 Å². The highest BCUT2D eigenvalue weighted by molar-refractivity contribution is 5.96. The van der Waals surface area contributed by atoms with Crippen molar-refractivity contribution in [2.24, 2.45) is 5.92 Å². The lowest BCUT2D eigenvalue weighted by molar-refractivity contribution is 0.176. The third-order valence-corrected chi connectivity index (χ3v) is 6.25. The number of aliphatic hydroxyl groups excluding tert-OH is 1. The van der Waals surface area contributed by atoms with Gasteiger partial charge < -0.3 is 15.4 Å². The Hall–Kier alpha value is -4.70. The highest BCUT2D eigenvalue weighted by Gasteiger charge is 2.17. The number of halogens is 1. The molecular weight excluding hydrogens is 483 g/mol. The molecule has 6 rings (SSSR count). The van der Waals surface area contributed by atoms with Gasteiger partial charge in [-0.1, -0.05) is 26.0 Å². The SMILES string of the molecule is CC(C)CC(O)Nc1cncc(-c2cc3c(-c4nc5c(-c6cccc(F)c6)ccnc5[nH]4)n[nH]c3cn2)c1. The predicted octanol–water partition coefficient (Wildman–Crippen LogP) is 5.54. The van der Waals surface area contributed by atoms with Gasteiger partial charge in [-0.2, -0.15) is 5.10 Å². The monoisotopic (exact) mass is 508 g/mol. The minimum atomic E-state index is -0.665. The summed E-state index contributed by atoms with van der Waals surface area (Å²) in [7, 11) is 0. The molecule has 1 unspecified atom stereocenters. The number of aromatic nitrogens is 7. The fourth-order valence-electron chi connectivity index (χ4n) is 4.52. The first-order valence-corrected chi connectivity index (χ1v) is 12.3. The zero-order valence-corrected chi connectivity index (χ0v) is 20.8. The van der Waals surface area contributed by atoms with Crippen molar-refractivity contribution in [3.05, 3.63) is 73.1 Å². The van der Waals surface area contributed by atoms with Gasteiger partial charge in [0.2, 0.25) is 0 Å². The van der Waals surface area contributed by atoms with E-state index >= 15 is 0 Å². The number of aliphatic hydroxyl groups is 1. The van der Waals surface area contributed by atoms with Crippen LogP contribution in [-0.4, -0.2) is 46.5 Å². The molecule has 5 heterocycles. The van der Waals surface area contributed by atoms with Crippen LogP contribution in [-0.2, 0) is 0 Å². The van der Waals surface area contributed by atoms with Crippen LogP contribution in [0.2, 0.25) is 0 Å². The first-order chi connectivity index (χ1) is 18.4. The summed E-state index contributed by atoms with van der Waals surface area (Å²) in [6.45, 7) is 4.11. The van der Waals surface area contributed by atoms with Crippen LogP contribution in [0.1, 0.15) is 20.3 Å². The van der Waals surface area contributed by atoms with Crippen LogP contribution in [0.3, 0.4) is 0 Å². The summed E-state index contributed by atoms with van der Waals surface area (Å²) in [4.78, 5) is 21.4. The van der Waals surface area contributed by atoms with Gasteiger partial charge in [-0.05, 0) is 48.2 Å². The highest BCUT2D eigenvalue weighted by Crippen LogP contribution is 2.32. The van der Waals surface area contributed by atoms with Crippen LogP contribution in [0.5, 0.6) is 0 Å². The zero-order valence-electron chi connectivity index (χ0n) is 20.8. The Kier molecular flexibility index (Phi) is 6.01. The molecule has 0 aliphatic carbocycles. The Bertz CT molecular complexity index is 1760. The summed E-state index contributed by atoms with van der Waals surface area (Å²) in [5, 5.41) is 21.7. The summed E-state index contributed by atoms with van der Waals surface area (Å²) in [6.07, 6.45) is 6.74. The van der Waals surface area contributed by atoms with E-state index in [4.69, 9.17) is 4.98 Å². The molecule has 9 nitrogen and oxygen atoms in total. The number of nitrogens with one attached hydrogen (secondary N) is 3. The van der Waals surface area contributed by atoms with Crippen molar-refractivity contribution in [1.82, 2.24) is 35.1 Å². The maximum Gasteiger partial charge on any atom is 0.160 e. The van der Waals surface area contributed by atoms with Gasteiger partial charge in [0.25, 0.3) is 0 Å². The molecule has 190 valence electrons. The molecule has 0 spiro atoms. The van der Waals surface area contributed by atoms with Crippen LogP contribution >= 0.6 is 0 Å². The van der Waals surface area contributed by atoms with Crippen LogP contribution in [0.4, 0.5) is 10.1 Å². The Morgan fingerprint density at radius 1 is 1.03 bits per heavy atom. The molecule has 0 amide bonds. The third-order valence-electron chi connectivity index (χ3n) is 6.25. The van der Waals surface area contributed by atoms with E-state index in [1.54, 1.807) is 30.9 Å². The van der Waals surface area contributed by atoms with Gasteiger partial charge in [0.1, 0.15) is 23.3 Å². The van der Waals surface area contributed by atoms with Crippen LogP contribution in [0, 0.1) is 11.7 Å². The molecule has 0 saturated heterocycles. The minimum Gasteiger partial charge on any atom is -0.374 e. The normalized spacial score (nSPS) is 12.4. The number of anilines is 1. The largest absolute Gasteiger partial charge is 0.374 e. The number of hydrogen-bond acceptors (Lipinski definition) is 7. The van der Waals surface area contributed by atoms with Crippen molar-refractivity contribution in [2.45, 2.75) is 26.5 Å². The zero-order chi connectivity index (χ0) is 26.2.